The highest BCUT2D eigenvalue weighted by Gasteiger charge is 2.23. The minimum absolute atomic E-state index is 0.244. The molecule has 0 aromatic heterocycles. The maximum Gasteiger partial charge on any atom is 0.123 e. The van der Waals surface area contributed by atoms with Crippen LogP contribution in [0.1, 0.15) is 30.9 Å². The molecule has 0 radical (unpaired) electrons. The molecule has 1 heterocycles. The zero-order chi connectivity index (χ0) is 13.0. The number of aryl methyl sites for hydroxylation is 1. The molecule has 18 heavy (non-hydrogen) atoms. The van der Waals surface area contributed by atoms with Gasteiger partial charge in [-0.2, -0.15) is 0 Å². The first-order valence-electron chi connectivity index (χ1n) is 6.66. The van der Waals surface area contributed by atoms with Crippen LogP contribution in [0.3, 0.4) is 0 Å². The first-order valence-corrected chi connectivity index (χ1v) is 6.66. The quantitative estimate of drug-likeness (QED) is 0.803. The number of hydrogen-bond acceptors (Lipinski definition) is 2. The van der Waals surface area contributed by atoms with Crippen molar-refractivity contribution < 1.29 is 4.74 Å². The maximum absolute atomic E-state index is 5.92. The zero-order valence-corrected chi connectivity index (χ0v) is 11.2. The molecule has 1 aliphatic rings. The third-order valence-corrected chi connectivity index (χ3v) is 3.45. The Bertz CT molecular complexity index is 447. The number of ether oxygens (including phenoxy) is 1. The Labute approximate surface area is 110 Å². The predicted molar refractivity (Wildman–Crippen MR) is 74.8 cm³/mol. The molecule has 2 unspecified atom stereocenters. The SMILES string of the molecule is C#CCC(CC)NCC1Cc2cc(C)ccc2O1. The summed E-state index contributed by atoms with van der Waals surface area (Å²) in [5.74, 6) is 3.75. The molecule has 2 nitrogen and oxygen atoms in total. The topological polar surface area (TPSA) is 21.3 Å². The van der Waals surface area contributed by atoms with E-state index in [4.69, 9.17) is 11.2 Å². The number of nitrogens with one attached hydrogen (secondary N) is 1. The summed E-state index contributed by atoms with van der Waals surface area (Å²) >= 11 is 0. The van der Waals surface area contributed by atoms with Gasteiger partial charge in [0.1, 0.15) is 11.9 Å². The van der Waals surface area contributed by atoms with Gasteiger partial charge in [-0.05, 0) is 25.0 Å². The summed E-state index contributed by atoms with van der Waals surface area (Å²) in [6.45, 7) is 5.14. The minimum atomic E-state index is 0.244. The largest absolute Gasteiger partial charge is 0.488 e. The third-order valence-electron chi connectivity index (χ3n) is 3.45. The van der Waals surface area contributed by atoms with Gasteiger partial charge in [-0.15, -0.1) is 12.3 Å². The van der Waals surface area contributed by atoms with Gasteiger partial charge in [0.2, 0.25) is 0 Å². The summed E-state index contributed by atoms with van der Waals surface area (Å²) in [5, 5.41) is 3.49. The molecule has 1 aliphatic heterocycles. The van der Waals surface area contributed by atoms with E-state index < -0.39 is 0 Å². The second-order valence-electron chi connectivity index (χ2n) is 4.98. The maximum atomic E-state index is 5.92. The van der Waals surface area contributed by atoms with E-state index in [9.17, 15) is 0 Å². The number of terminal acetylenes is 1. The monoisotopic (exact) mass is 243 g/mol. The van der Waals surface area contributed by atoms with E-state index >= 15 is 0 Å². The van der Waals surface area contributed by atoms with Crippen molar-refractivity contribution in [1.82, 2.24) is 5.32 Å². The number of rotatable bonds is 5. The van der Waals surface area contributed by atoms with Crippen molar-refractivity contribution in [2.24, 2.45) is 0 Å². The summed E-state index contributed by atoms with van der Waals surface area (Å²) < 4.78 is 5.92. The predicted octanol–water partition coefficient (Wildman–Crippen LogP) is 2.69. The molecule has 0 fully saturated rings. The Kier molecular flexibility index (Phi) is 4.28. The van der Waals surface area contributed by atoms with Crippen LogP contribution in [0.4, 0.5) is 0 Å². The van der Waals surface area contributed by atoms with Crippen LogP contribution in [-0.2, 0) is 6.42 Å². The average Bonchev–Trinajstić information content (AvgIpc) is 2.76. The van der Waals surface area contributed by atoms with Crippen LogP contribution >= 0.6 is 0 Å². The molecule has 1 aromatic carbocycles. The van der Waals surface area contributed by atoms with Crippen molar-refractivity contribution in [1.29, 1.82) is 0 Å². The van der Waals surface area contributed by atoms with Crippen LogP contribution in [-0.4, -0.2) is 18.7 Å². The molecule has 0 saturated heterocycles. The highest BCUT2D eigenvalue weighted by atomic mass is 16.5. The van der Waals surface area contributed by atoms with Crippen molar-refractivity contribution in [3.8, 4) is 18.1 Å². The smallest absolute Gasteiger partial charge is 0.123 e. The van der Waals surface area contributed by atoms with E-state index in [1.165, 1.54) is 11.1 Å². The first kappa shape index (κ1) is 13.0. The van der Waals surface area contributed by atoms with Crippen LogP contribution in [0.5, 0.6) is 5.75 Å². The standard InChI is InChI=1S/C16H21NO/c1-4-6-14(5-2)17-11-15-10-13-9-12(3)7-8-16(13)18-15/h1,7-9,14-15,17H,5-6,10-11H2,2-3H3. The second kappa shape index (κ2) is 5.93. The van der Waals surface area contributed by atoms with Crippen LogP contribution in [0.25, 0.3) is 0 Å². The van der Waals surface area contributed by atoms with Crippen LogP contribution in [0.2, 0.25) is 0 Å². The lowest BCUT2D eigenvalue weighted by atomic mass is 10.1. The highest BCUT2D eigenvalue weighted by Crippen LogP contribution is 2.29. The van der Waals surface area contributed by atoms with E-state index in [0.717, 1.165) is 31.6 Å². The summed E-state index contributed by atoms with van der Waals surface area (Å²) in [6, 6.07) is 6.79. The van der Waals surface area contributed by atoms with Gasteiger partial charge in [0, 0.05) is 25.4 Å². The fraction of sp³-hybridized carbons (Fsp3) is 0.500. The average molecular weight is 243 g/mol. The van der Waals surface area contributed by atoms with Gasteiger partial charge in [0.15, 0.2) is 0 Å². The van der Waals surface area contributed by atoms with Gasteiger partial charge in [-0.25, -0.2) is 0 Å². The van der Waals surface area contributed by atoms with E-state index in [1.54, 1.807) is 0 Å². The molecular weight excluding hydrogens is 222 g/mol. The van der Waals surface area contributed by atoms with Gasteiger partial charge < -0.3 is 10.1 Å². The molecule has 1 N–H and O–H groups in total. The Morgan fingerprint density at radius 3 is 3.11 bits per heavy atom. The lowest BCUT2D eigenvalue weighted by molar-refractivity contribution is 0.220. The molecule has 2 heteroatoms. The van der Waals surface area contributed by atoms with Crippen LogP contribution < -0.4 is 10.1 Å². The summed E-state index contributed by atoms with van der Waals surface area (Å²) in [7, 11) is 0. The Morgan fingerprint density at radius 1 is 1.56 bits per heavy atom. The van der Waals surface area contributed by atoms with E-state index in [1.807, 2.05) is 0 Å². The van der Waals surface area contributed by atoms with Crippen molar-refractivity contribution in [3.63, 3.8) is 0 Å². The molecule has 0 aliphatic carbocycles. The molecule has 2 rings (SSSR count). The van der Waals surface area contributed by atoms with E-state index in [2.05, 4.69) is 43.3 Å². The van der Waals surface area contributed by atoms with Gasteiger partial charge in [0.05, 0.1) is 0 Å². The lowest BCUT2D eigenvalue weighted by Crippen LogP contribution is -2.36. The van der Waals surface area contributed by atoms with Crippen molar-refractivity contribution >= 4 is 0 Å². The fourth-order valence-corrected chi connectivity index (χ4v) is 2.36. The minimum Gasteiger partial charge on any atom is -0.488 e. The zero-order valence-electron chi connectivity index (χ0n) is 11.2. The molecule has 96 valence electrons. The molecule has 0 spiro atoms. The first-order chi connectivity index (χ1) is 8.72. The summed E-state index contributed by atoms with van der Waals surface area (Å²) in [5.41, 5.74) is 2.62. The summed E-state index contributed by atoms with van der Waals surface area (Å²) in [6.07, 6.45) is 8.44. The van der Waals surface area contributed by atoms with Gasteiger partial charge >= 0.3 is 0 Å². The molecule has 2 atom stereocenters. The molecule has 0 saturated carbocycles. The summed E-state index contributed by atoms with van der Waals surface area (Å²) in [4.78, 5) is 0. The van der Waals surface area contributed by atoms with Gasteiger partial charge in [-0.3, -0.25) is 0 Å². The lowest BCUT2D eigenvalue weighted by Gasteiger charge is -2.17. The number of fused-ring (bicyclic) bond motifs is 1. The number of hydrogen-bond donors (Lipinski definition) is 1. The fourth-order valence-electron chi connectivity index (χ4n) is 2.36. The molecule has 0 amide bonds. The Balaban J connectivity index is 1.86. The van der Waals surface area contributed by atoms with Gasteiger partial charge in [-0.1, -0.05) is 24.6 Å². The van der Waals surface area contributed by atoms with Gasteiger partial charge in [0.25, 0.3) is 0 Å². The molecule has 1 aromatic rings. The van der Waals surface area contributed by atoms with Crippen molar-refractivity contribution in [3.05, 3.63) is 29.3 Å². The highest BCUT2D eigenvalue weighted by molar-refractivity contribution is 5.40. The van der Waals surface area contributed by atoms with Crippen LogP contribution in [0.15, 0.2) is 18.2 Å². The third kappa shape index (κ3) is 3.05. The van der Waals surface area contributed by atoms with E-state index in [0.29, 0.717) is 6.04 Å². The Morgan fingerprint density at radius 2 is 2.39 bits per heavy atom. The van der Waals surface area contributed by atoms with Crippen molar-refractivity contribution in [2.45, 2.75) is 45.3 Å². The van der Waals surface area contributed by atoms with E-state index in [-0.39, 0.29) is 6.10 Å². The van der Waals surface area contributed by atoms with Crippen molar-refractivity contribution in [2.75, 3.05) is 6.54 Å². The normalized spacial score (nSPS) is 18.8. The van der Waals surface area contributed by atoms with Crippen LogP contribution in [0, 0.1) is 19.3 Å². The Hall–Kier alpha value is -1.46. The molecular formula is C16H21NO. The molecule has 0 bridgehead atoms. The number of benzene rings is 1. The second-order valence-corrected chi connectivity index (χ2v) is 4.98.